The summed E-state index contributed by atoms with van der Waals surface area (Å²) in [6.07, 6.45) is 3.39. The predicted molar refractivity (Wildman–Crippen MR) is 135 cm³/mol. The Hall–Kier alpha value is -4.33. The predicted octanol–water partition coefficient (Wildman–Crippen LogP) is 5.70. The molecule has 8 heteroatoms. The highest BCUT2D eigenvalue weighted by molar-refractivity contribution is 6.04. The van der Waals surface area contributed by atoms with E-state index in [4.69, 9.17) is 14.2 Å². The van der Waals surface area contributed by atoms with Crippen LogP contribution in [0.4, 0.5) is 10.1 Å². The second-order valence-corrected chi connectivity index (χ2v) is 7.97. The molecular weight excluding hydrogens is 461 g/mol. The summed E-state index contributed by atoms with van der Waals surface area (Å²) in [7, 11) is 0. The van der Waals surface area contributed by atoms with Crippen LogP contribution >= 0.6 is 0 Å². The van der Waals surface area contributed by atoms with E-state index >= 15 is 0 Å². The highest BCUT2D eigenvalue weighted by Gasteiger charge is 2.10. The summed E-state index contributed by atoms with van der Waals surface area (Å²) in [6.45, 7) is 5.81. The van der Waals surface area contributed by atoms with Gasteiger partial charge in [0.25, 0.3) is 5.91 Å². The maximum atomic E-state index is 13.0. The summed E-state index contributed by atoms with van der Waals surface area (Å²) in [5.74, 6) is 1.44. The number of hydrogen-bond acceptors (Lipinski definition) is 5. The van der Waals surface area contributed by atoms with Gasteiger partial charge in [-0.05, 0) is 73.5 Å². The summed E-state index contributed by atoms with van der Waals surface area (Å²) in [6, 6.07) is 18.8. The zero-order valence-electron chi connectivity index (χ0n) is 20.2. The third-order valence-electron chi connectivity index (χ3n) is 5.28. The Kier molecular flexibility index (Phi) is 8.18. The third kappa shape index (κ3) is 6.63. The molecule has 0 unspecified atom stereocenters. The van der Waals surface area contributed by atoms with E-state index in [1.165, 1.54) is 12.1 Å². The van der Waals surface area contributed by atoms with E-state index in [2.05, 4.69) is 10.4 Å². The molecule has 0 bridgehead atoms. The molecule has 0 fully saturated rings. The van der Waals surface area contributed by atoms with E-state index in [0.29, 0.717) is 54.9 Å². The lowest BCUT2D eigenvalue weighted by Gasteiger charge is -2.12. The first-order valence-corrected chi connectivity index (χ1v) is 11.7. The summed E-state index contributed by atoms with van der Waals surface area (Å²) < 4.78 is 31.7. The van der Waals surface area contributed by atoms with Gasteiger partial charge in [0, 0.05) is 11.8 Å². The molecule has 0 aliphatic carbocycles. The average molecular weight is 490 g/mol. The van der Waals surface area contributed by atoms with Gasteiger partial charge in [-0.2, -0.15) is 5.10 Å². The van der Waals surface area contributed by atoms with Crippen molar-refractivity contribution in [1.82, 2.24) is 9.78 Å². The molecule has 3 aromatic carbocycles. The van der Waals surface area contributed by atoms with Gasteiger partial charge < -0.3 is 19.5 Å². The topological polar surface area (TPSA) is 74.6 Å². The van der Waals surface area contributed by atoms with Crippen LogP contribution in [0.15, 0.2) is 79.1 Å². The molecule has 1 amide bonds. The van der Waals surface area contributed by atoms with Crippen molar-refractivity contribution in [2.45, 2.75) is 27.0 Å². The van der Waals surface area contributed by atoms with Gasteiger partial charge in [-0.1, -0.05) is 18.2 Å². The molecule has 1 heterocycles. The minimum atomic E-state index is -0.310. The van der Waals surface area contributed by atoms with Crippen molar-refractivity contribution in [2.75, 3.05) is 18.5 Å². The first-order chi connectivity index (χ1) is 17.5. The Balaban J connectivity index is 1.33. The fourth-order valence-corrected chi connectivity index (χ4v) is 3.55. The number of ether oxygens (including phenoxy) is 3. The smallest absolute Gasteiger partial charge is 0.255 e. The molecule has 0 aliphatic heterocycles. The van der Waals surface area contributed by atoms with Crippen molar-refractivity contribution in [3.05, 3.63) is 102 Å². The van der Waals surface area contributed by atoms with Gasteiger partial charge in [0.15, 0.2) is 11.5 Å². The van der Waals surface area contributed by atoms with Gasteiger partial charge in [-0.25, -0.2) is 4.39 Å². The van der Waals surface area contributed by atoms with Crippen LogP contribution in [0.2, 0.25) is 0 Å². The van der Waals surface area contributed by atoms with Crippen LogP contribution in [-0.4, -0.2) is 28.9 Å². The zero-order valence-corrected chi connectivity index (χ0v) is 20.2. The molecule has 0 saturated carbocycles. The van der Waals surface area contributed by atoms with Crippen molar-refractivity contribution >= 4 is 11.6 Å². The quantitative estimate of drug-likeness (QED) is 0.293. The molecule has 186 valence electrons. The second kappa shape index (κ2) is 11.9. The third-order valence-corrected chi connectivity index (χ3v) is 5.28. The van der Waals surface area contributed by atoms with Gasteiger partial charge in [-0.3, -0.25) is 9.48 Å². The number of halogens is 1. The van der Waals surface area contributed by atoms with Crippen molar-refractivity contribution in [2.24, 2.45) is 0 Å². The summed E-state index contributed by atoms with van der Waals surface area (Å²) in [5, 5.41) is 7.23. The first kappa shape index (κ1) is 24.8. The van der Waals surface area contributed by atoms with Gasteiger partial charge in [0.2, 0.25) is 0 Å². The zero-order chi connectivity index (χ0) is 25.3. The summed E-state index contributed by atoms with van der Waals surface area (Å²) in [4.78, 5) is 12.7. The Morgan fingerprint density at radius 3 is 2.31 bits per heavy atom. The molecule has 0 saturated heterocycles. The van der Waals surface area contributed by atoms with Crippen molar-refractivity contribution in [3.8, 4) is 17.2 Å². The Morgan fingerprint density at radius 2 is 1.58 bits per heavy atom. The number of hydrogen-bond donors (Lipinski definition) is 1. The number of aromatic nitrogens is 2. The molecule has 1 aromatic heterocycles. The number of nitrogens with one attached hydrogen (secondary N) is 1. The van der Waals surface area contributed by atoms with Crippen molar-refractivity contribution in [3.63, 3.8) is 0 Å². The number of anilines is 1. The molecule has 1 N–H and O–H groups in total. The van der Waals surface area contributed by atoms with Gasteiger partial charge >= 0.3 is 0 Å². The number of nitrogens with zero attached hydrogens (tertiary/aromatic N) is 2. The summed E-state index contributed by atoms with van der Waals surface area (Å²) in [5.41, 5.74) is 3.01. The molecule has 36 heavy (non-hydrogen) atoms. The Morgan fingerprint density at radius 1 is 0.889 bits per heavy atom. The normalized spacial score (nSPS) is 10.6. The van der Waals surface area contributed by atoms with Gasteiger partial charge in [0.05, 0.1) is 31.6 Å². The highest BCUT2D eigenvalue weighted by atomic mass is 19.1. The Labute approximate surface area is 209 Å². The molecule has 4 rings (SSSR count). The van der Waals surface area contributed by atoms with Crippen LogP contribution in [0, 0.1) is 5.82 Å². The fraction of sp³-hybridized carbons (Fsp3) is 0.214. The molecule has 0 atom stereocenters. The minimum Gasteiger partial charge on any atom is -0.490 e. The molecule has 0 spiro atoms. The maximum absolute atomic E-state index is 13.0. The monoisotopic (exact) mass is 489 g/mol. The summed E-state index contributed by atoms with van der Waals surface area (Å²) >= 11 is 0. The number of carbonyl (C=O) groups excluding carboxylic acids is 1. The van der Waals surface area contributed by atoms with Crippen LogP contribution in [0.5, 0.6) is 17.2 Å². The number of amides is 1. The van der Waals surface area contributed by atoms with Gasteiger partial charge in [0.1, 0.15) is 18.2 Å². The second-order valence-electron chi connectivity index (χ2n) is 7.97. The molecule has 7 nitrogen and oxygen atoms in total. The lowest BCUT2D eigenvalue weighted by atomic mass is 10.1. The van der Waals surface area contributed by atoms with Crippen LogP contribution in [0.3, 0.4) is 0 Å². The standard InChI is InChI=1S/C28H28FN3O4/c1-3-34-26-14-7-21(15-27(26)35-4-2)17-32-18-24(16-30-32)31-28(33)22-8-5-20(6-9-22)19-36-25-12-10-23(29)11-13-25/h5-16,18H,3-4,17,19H2,1-2H3,(H,31,33). The van der Waals surface area contributed by atoms with Gasteiger partial charge in [-0.15, -0.1) is 0 Å². The molecule has 0 radical (unpaired) electrons. The lowest BCUT2D eigenvalue weighted by molar-refractivity contribution is 0.102. The van der Waals surface area contributed by atoms with E-state index in [0.717, 1.165) is 11.1 Å². The Bertz CT molecular complexity index is 1290. The lowest BCUT2D eigenvalue weighted by Crippen LogP contribution is -2.11. The van der Waals surface area contributed by atoms with E-state index in [9.17, 15) is 9.18 Å². The molecule has 4 aromatic rings. The molecule has 0 aliphatic rings. The SMILES string of the molecule is CCOc1ccc(Cn2cc(NC(=O)c3ccc(COc4ccc(F)cc4)cc3)cn2)cc1OCC. The number of rotatable bonds is 11. The van der Waals surface area contributed by atoms with E-state index in [1.807, 2.05) is 44.2 Å². The molecular formula is C28H28FN3O4. The van der Waals surface area contributed by atoms with E-state index in [-0.39, 0.29) is 11.7 Å². The van der Waals surface area contributed by atoms with Crippen LogP contribution in [-0.2, 0) is 13.2 Å². The fourth-order valence-electron chi connectivity index (χ4n) is 3.55. The van der Waals surface area contributed by atoms with Crippen molar-refractivity contribution < 1.29 is 23.4 Å². The number of benzene rings is 3. The maximum Gasteiger partial charge on any atom is 0.255 e. The van der Waals surface area contributed by atoms with Crippen LogP contribution in [0.25, 0.3) is 0 Å². The van der Waals surface area contributed by atoms with Crippen LogP contribution in [0.1, 0.15) is 35.3 Å². The minimum absolute atomic E-state index is 0.236. The van der Waals surface area contributed by atoms with Crippen molar-refractivity contribution in [1.29, 1.82) is 0 Å². The van der Waals surface area contributed by atoms with E-state index in [1.54, 1.807) is 41.3 Å². The van der Waals surface area contributed by atoms with Crippen LogP contribution < -0.4 is 19.5 Å². The first-order valence-electron chi connectivity index (χ1n) is 11.7. The largest absolute Gasteiger partial charge is 0.490 e. The van der Waals surface area contributed by atoms with E-state index < -0.39 is 0 Å². The average Bonchev–Trinajstić information content (AvgIpc) is 3.32. The number of carbonyl (C=O) groups is 1. The highest BCUT2D eigenvalue weighted by Crippen LogP contribution is 2.29.